The summed E-state index contributed by atoms with van der Waals surface area (Å²) in [5, 5.41) is 5.20. The van der Waals surface area contributed by atoms with Crippen molar-refractivity contribution in [3.8, 4) is 0 Å². The SMILES string of the molecule is CCCNC(=O)COC(=O)c1ccc(NC(C)=O)cc1. The van der Waals surface area contributed by atoms with Crippen molar-refractivity contribution < 1.29 is 19.1 Å². The number of nitrogens with one attached hydrogen (secondary N) is 2. The van der Waals surface area contributed by atoms with Crippen LogP contribution >= 0.6 is 0 Å². The molecule has 0 aromatic heterocycles. The Labute approximate surface area is 117 Å². The molecule has 0 aliphatic heterocycles. The zero-order chi connectivity index (χ0) is 15.0. The van der Waals surface area contributed by atoms with E-state index in [4.69, 9.17) is 4.74 Å². The van der Waals surface area contributed by atoms with E-state index in [2.05, 4.69) is 10.6 Å². The third kappa shape index (κ3) is 5.51. The average Bonchev–Trinajstić information content (AvgIpc) is 2.42. The van der Waals surface area contributed by atoms with E-state index >= 15 is 0 Å². The highest BCUT2D eigenvalue weighted by Gasteiger charge is 2.09. The molecule has 0 spiro atoms. The lowest BCUT2D eigenvalue weighted by Gasteiger charge is -2.06. The summed E-state index contributed by atoms with van der Waals surface area (Å²) in [6.07, 6.45) is 0.824. The molecular weight excluding hydrogens is 260 g/mol. The van der Waals surface area contributed by atoms with Crippen molar-refractivity contribution in [2.45, 2.75) is 20.3 Å². The molecule has 0 saturated carbocycles. The molecule has 1 aromatic rings. The van der Waals surface area contributed by atoms with Crippen molar-refractivity contribution in [2.75, 3.05) is 18.5 Å². The Morgan fingerprint density at radius 3 is 2.35 bits per heavy atom. The Balaban J connectivity index is 2.47. The Morgan fingerprint density at radius 2 is 1.80 bits per heavy atom. The molecule has 0 heterocycles. The van der Waals surface area contributed by atoms with Crippen molar-refractivity contribution in [3.05, 3.63) is 29.8 Å². The molecule has 6 heteroatoms. The molecule has 2 N–H and O–H groups in total. The van der Waals surface area contributed by atoms with Crippen molar-refractivity contribution in [2.24, 2.45) is 0 Å². The molecule has 0 aliphatic rings. The normalized spacial score (nSPS) is 9.70. The Kier molecular flexibility index (Phi) is 6.22. The highest BCUT2D eigenvalue weighted by atomic mass is 16.5. The zero-order valence-electron chi connectivity index (χ0n) is 11.6. The smallest absolute Gasteiger partial charge is 0.338 e. The van der Waals surface area contributed by atoms with Crippen molar-refractivity contribution in [1.82, 2.24) is 5.32 Å². The second kappa shape index (κ2) is 7.93. The highest BCUT2D eigenvalue weighted by molar-refractivity contribution is 5.93. The summed E-state index contributed by atoms with van der Waals surface area (Å²) in [5.74, 6) is -1.09. The summed E-state index contributed by atoms with van der Waals surface area (Å²) >= 11 is 0. The minimum Gasteiger partial charge on any atom is -0.452 e. The summed E-state index contributed by atoms with van der Waals surface area (Å²) in [5.41, 5.74) is 0.914. The molecule has 20 heavy (non-hydrogen) atoms. The van der Waals surface area contributed by atoms with Gasteiger partial charge in [0, 0.05) is 19.2 Å². The van der Waals surface area contributed by atoms with Gasteiger partial charge in [-0.1, -0.05) is 6.92 Å². The van der Waals surface area contributed by atoms with Crippen LogP contribution in [0.25, 0.3) is 0 Å². The molecule has 0 atom stereocenters. The van der Waals surface area contributed by atoms with E-state index in [1.165, 1.54) is 19.1 Å². The second-order valence-corrected chi connectivity index (χ2v) is 4.18. The van der Waals surface area contributed by atoms with Gasteiger partial charge in [0.15, 0.2) is 6.61 Å². The van der Waals surface area contributed by atoms with Crippen LogP contribution in [0, 0.1) is 0 Å². The van der Waals surface area contributed by atoms with Gasteiger partial charge in [-0.2, -0.15) is 0 Å². The van der Waals surface area contributed by atoms with Gasteiger partial charge in [0.1, 0.15) is 0 Å². The van der Waals surface area contributed by atoms with Gasteiger partial charge in [0.05, 0.1) is 5.56 Å². The Hall–Kier alpha value is -2.37. The van der Waals surface area contributed by atoms with Gasteiger partial charge in [0.25, 0.3) is 5.91 Å². The predicted molar refractivity (Wildman–Crippen MR) is 74.3 cm³/mol. The first kappa shape index (κ1) is 15.7. The molecule has 1 aromatic carbocycles. The quantitative estimate of drug-likeness (QED) is 0.769. The van der Waals surface area contributed by atoms with Crippen LogP contribution in [0.1, 0.15) is 30.6 Å². The number of rotatable bonds is 6. The summed E-state index contributed by atoms with van der Waals surface area (Å²) in [4.78, 5) is 33.8. The molecule has 6 nitrogen and oxygen atoms in total. The van der Waals surface area contributed by atoms with Crippen LogP contribution in [-0.4, -0.2) is 30.9 Å². The van der Waals surface area contributed by atoms with E-state index in [-0.39, 0.29) is 18.4 Å². The highest BCUT2D eigenvalue weighted by Crippen LogP contribution is 2.10. The Morgan fingerprint density at radius 1 is 1.15 bits per heavy atom. The zero-order valence-corrected chi connectivity index (χ0v) is 11.6. The predicted octanol–water partition coefficient (Wildman–Crippen LogP) is 1.33. The number of hydrogen-bond acceptors (Lipinski definition) is 4. The number of carbonyl (C=O) groups excluding carboxylic acids is 3. The van der Waals surface area contributed by atoms with Crippen LogP contribution in [-0.2, 0) is 14.3 Å². The number of benzene rings is 1. The van der Waals surface area contributed by atoms with Crippen molar-refractivity contribution in [3.63, 3.8) is 0 Å². The fraction of sp³-hybridized carbons (Fsp3) is 0.357. The first-order valence-electron chi connectivity index (χ1n) is 6.34. The van der Waals surface area contributed by atoms with Crippen LogP contribution in [0.4, 0.5) is 5.69 Å². The standard InChI is InChI=1S/C14H18N2O4/c1-3-8-15-13(18)9-20-14(19)11-4-6-12(7-5-11)16-10(2)17/h4-7H,3,8-9H2,1-2H3,(H,15,18)(H,16,17). The fourth-order valence-corrected chi connectivity index (χ4v) is 1.42. The van der Waals surface area contributed by atoms with Crippen molar-refractivity contribution in [1.29, 1.82) is 0 Å². The van der Waals surface area contributed by atoms with E-state index in [9.17, 15) is 14.4 Å². The number of amides is 2. The van der Waals surface area contributed by atoms with E-state index in [0.29, 0.717) is 17.8 Å². The van der Waals surface area contributed by atoms with Gasteiger partial charge in [0.2, 0.25) is 5.91 Å². The molecule has 108 valence electrons. The lowest BCUT2D eigenvalue weighted by Crippen LogP contribution is -2.29. The molecule has 0 saturated heterocycles. The van der Waals surface area contributed by atoms with Crippen LogP contribution < -0.4 is 10.6 Å². The summed E-state index contributed by atoms with van der Waals surface area (Å²) < 4.78 is 4.87. The van der Waals surface area contributed by atoms with Gasteiger partial charge >= 0.3 is 5.97 Å². The molecule has 0 aliphatic carbocycles. The minimum absolute atomic E-state index is 0.187. The van der Waals surface area contributed by atoms with Gasteiger partial charge < -0.3 is 15.4 Å². The van der Waals surface area contributed by atoms with E-state index in [0.717, 1.165) is 6.42 Å². The largest absolute Gasteiger partial charge is 0.452 e. The minimum atomic E-state index is -0.578. The number of ether oxygens (including phenoxy) is 1. The molecule has 1 rings (SSSR count). The lowest BCUT2D eigenvalue weighted by atomic mass is 10.2. The molecule has 0 unspecified atom stereocenters. The van der Waals surface area contributed by atoms with Crippen molar-refractivity contribution >= 4 is 23.5 Å². The van der Waals surface area contributed by atoms with Gasteiger partial charge in [-0.05, 0) is 30.7 Å². The summed E-state index contributed by atoms with van der Waals surface area (Å²) in [7, 11) is 0. The lowest BCUT2D eigenvalue weighted by molar-refractivity contribution is -0.124. The molecule has 2 amide bonds. The monoisotopic (exact) mass is 278 g/mol. The maximum Gasteiger partial charge on any atom is 0.338 e. The maximum absolute atomic E-state index is 11.7. The third-order valence-corrected chi connectivity index (χ3v) is 2.35. The number of anilines is 1. The molecular formula is C14H18N2O4. The van der Waals surface area contributed by atoms with Gasteiger partial charge in [-0.25, -0.2) is 4.79 Å². The second-order valence-electron chi connectivity index (χ2n) is 4.18. The summed E-state index contributed by atoms with van der Waals surface area (Å²) in [6, 6.07) is 6.24. The third-order valence-electron chi connectivity index (χ3n) is 2.35. The number of hydrogen-bond donors (Lipinski definition) is 2. The fourth-order valence-electron chi connectivity index (χ4n) is 1.42. The first-order valence-corrected chi connectivity index (χ1v) is 6.34. The molecule has 0 bridgehead atoms. The van der Waals surface area contributed by atoms with Gasteiger partial charge in [-0.15, -0.1) is 0 Å². The van der Waals surface area contributed by atoms with Crippen LogP contribution in [0.2, 0.25) is 0 Å². The van der Waals surface area contributed by atoms with Crippen LogP contribution in [0.3, 0.4) is 0 Å². The van der Waals surface area contributed by atoms with E-state index in [1.807, 2.05) is 6.92 Å². The average molecular weight is 278 g/mol. The molecule has 0 fully saturated rings. The van der Waals surface area contributed by atoms with E-state index < -0.39 is 5.97 Å². The molecule has 0 radical (unpaired) electrons. The van der Waals surface area contributed by atoms with Gasteiger partial charge in [-0.3, -0.25) is 9.59 Å². The van der Waals surface area contributed by atoms with Crippen LogP contribution in [0.15, 0.2) is 24.3 Å². The summed E-state index contributed by atoms with van der Waals surface area (Å²) in [6.45, 7) is 3.59. The first-order chi connectivity index (χ1) is 9.52. The maximum atomic E-state index is 11.7. The number of esters is 1. The number of carbonyl (C=O) groups is 3. The van der Waals surface area contributed by atoms with Crippen LogP contribution in [0.5, 0.6) is 0 Å². The Bertz CT molecular complexity index is 482. The topological polar surface area (TPSA) is 84.5 Å². The van der Waals surface area contributed by atoms with E-state index in [1.54, 1.807) is 12.1 Å².